The third-order valence-electron chi connectivity index (χ3n) is 4.82. The van der Waals surface area contributed by atoms with Gasteiger partial charge in [0.25, 0.3) is 0 Å². The largest absolute Gasteiger partial charge is 0.365 e. The molecule has 1 heterocycles. The van der Waals surface area contributed by atoms with Crippen LogP contribution in [0.3, 0.4) is 0 Å². The van der Waals surface area contributed by atoms with E-state index in [4.69, 9.17) is 5.26 Å². The molecule has 2 amide bonds. The molecule has 5 nitrogen and oxygen atoms in total. The van der Waals surface area contributed by atoms with Crippen molar-refractivity contribution < 1.29 is 9.18 Å². The van der Waals surface area contributed by atoms with Gasteiger partial charge in [-0.3, -0.25) is 0 Å². The van der Waals surface area contributed by atoms with E-state index in [0.29, 0.717) is 24.5 Å². The maximum Gasteiger partial charge on any atom is 0.322 e. The Bertz CT molecular complexity index is 946. The molecule has 1 N–H and O–H groups in total. The van der Waals surface area contributed by atoms with E-state index in [9.17, 15) is 9.18 Å². The summed E-state index contributed by atoms with van der Waals surface area (Å²) in [6.07, 6.45) is 0. The van der Waals surface area contributed by atoms with Crippen molar-refractivity contribution in [3.8, 4) is 6.07 Å². The molecule has 0 spiro atoms. The zero-order valence-corrected chi connectivity index (χ0v) is 18.6. The summed E-state index contributed by atoms with van der Waals surface area (Å²) in [5.41, 5.74) is 1.44. The lowest BCUT2D eigenvalue weighted by Crippen LogP contribution is -2.59. The van der Waals surface area contributed by atoms with Crippen LogP contribution >= 0.6 is 31.9 Å². The van der Waals surface area contributed by atoms with Gasteiger partial charge in [-0.25, -0.2) is 9.18 Å². The van der Waals surface area contributed by atoms with Gasteiger partial charge in [-0.1, -0.05) is 15.9 Å². The fraction of sp³-hybridized carbons (Fsp3) is 0.300. The molecule has 3 rings (SSSR count). The molecule has 28 heavy (non-hydrogen) atoms. The van der Waals surface area contributed by atoms with Crippen molar-refractivity contribution in [1.82, 2.24) is 4.90 Å². The smallest absolute Gasteiger partial charge is 0.322 e. The highest BCUT2D eigenvalue weighted by molar-refractivity contribution is 9.11. The Morgan fingerprint density at radius 2 is 1.93 bits per heavy atom. The van der Waals surface area contributed by atoms with E-state index >= 15 is 0 Å². The minimum Gasteiger partial charge on any atom is -0.365 e. The number of nitriles is 1. The molecule has 0 aromatic heterocycles. The number of hydrogen-bond acceptors (Lipinski definition) is 3. The number of nitrogens with zero attached hydrogens (tertiary/aromatic N) is 3. The first-order valence-corrected chi connectivity index (χ1v) is 10.4. The maximum atomic E-state index is 14.0. The second-order valence-corrected chi connectivity index (χ2v) is 8.60. The number of nitrogens with one attached hydrogen (secondary N) is 1. The molecule has 0 radical (unpaired) electrons. The Morgan fingerprint density at radius 1 is 1.18 bits per heavy atom. The Hall–Kier alpha value is -2.11. The van der Waals surface area contributed by atoms with Gasteiger partial charge in [-0.2, -0.15) is 5.26 Å². The lowest BCUT2D eigenvalue weighted by atomic mass is 10.1. The second kappa shape index (κ2) is 8.50. The number of urea groups is 1. The Labute approximate surface area is 180 Å². The van der Waals surface area contributed by atoms with Gasteiger partial charge in [-0.15, -0.1) is 0 Å². The van der Waals surface area contributed by atoms with Gasteiger partial charge in [-0.05, 0) is 66.2 Å². The van der Waals surface area contributed by atoms with E-state index in [1.807, 2.05) is 38.1 Å². The first-order chi connectivity index (χ1) is 13.3. The highest BCUT2D eigenvalue weighted by Gasteiger charge is 2.32. The van der Waals surface area contributed by atoms with Gasteiger partial charge in [0, 0.05) is 39.8 Å². The molecule has 2 atom stereocenters. The summed E-state index contributed by atoms with van der Waals surface area (Å²) in [4.78, 5) is 16.7. The van der Waals surface area contributed by atoms with Crippen molar-refractivity contribution in [3.63, 3.8) is 0 Å². The standard InChI is InChI=1S/C20H19Br2FN4O/c1-12-11-27(20(28)25-19-6-4-15(21)7-17(19)22)13(2)10-26(12)16-5-3-14(9-24)18(23)8-16/h3-8,12-13H,10-11H2,1-2H3,(H,25,28)/t12-,13+/m0/s1. The fourth-order valence-electron chi connectivity index (χ4n) is 3.32. The van der Waals surface area contributed by atoms with Gasteiger partial charge in [0.05, 0.1) is 11.3 Å². The number of amides is 2. The summed E-state index contributed by atoms with van der Waals surface area (Å²) in [5, 5.41) is 11.8. The van der Waals surface area contributed by atoms with E-state index in [-0.39, 0.29) is 23.7 Å². The van der Waals surface area contributed by atoms with Crippen LogP contribution in [-0.4, -0.2) is 36.1 Å². The third kappa shape index (κ3) is 4.31. The highest BCUT2D eigenvalue weighted by atomic mass is 79.9. The third-order valence-corrected chi connectivity index (χ3v) is 5.97. The zero-order valence-electron chi connectivity index (χ0n) is 15.4. The number of hydrogen-bond donors (Lipinski definition) is 1. The Balaban J connectivity index is 1.73. The van der Waals surface area contributed by atoms with Crippen molar-refractivity contribution in [3.05, 3.63) is 56.7 Å². The molecule has 0 aliphatic carbocycles. The minimum absolute atomic E-state index is 0.00245. The van der Waals surface area contributed by atoms with E-state index in [2.05, 4.69) is 42.1 Å². The predicted molar refractivity (Wildman–Crippen MR) is 115 cm³/mol. The minimum atomic E-state index is -0.528. The Kier molecular flexibility index (Phi) is 6.26. The van der Waals surface area contributed by atoms with Crippen LogP contribution in [0.15, 0.2) is 45.3 Å². The molecule has 2 aromatic rings. The molecule has 0 saturated carbocycles. The number of halogens is 3. The van der Waals surface area contributed by atoms with E-state index in [0.717, 1.165) is 8.95 Å². The van der Waals surface area contributed by atoms with Crippen LogP contribution in [0.5, 0.6) is 0 Å². The zero-order chi connectivity index (χ0) is 20.4. The van der Waals surface area contributed by atoms with E-state index < -0.39 is 5.82 Å². The lowest BCUT2D eigenvalue weighted by molar-refractivity contribution is 0.173. The van der Waals surface area contributed by atoms with Crippen LogP contribution in [0, 0.1) is 17.1 Å². The van der Waals surface area contributed by atoms with Gasteiger partial charge >= 0.3 is 6.03 Å². The SMILES string of the molecule is C[C@@H]1CN(c2ccc(C#N)c(F)c2)[C@@H](C)CN1C(=O)Nc1ccc(Br)cc1Br. The van der Waals surface area contributed by atoms with E-state index in [1.54, 1.807) is 11.0 Å². The topological polar surface area (TPSA) is 59.4 Å². The van der Waals surface area contributed by atoms with Crippen LogP contribution in [0.1, 0.15) is 19.4 Å². The van der Waals surface area contributed by atoms with Crippen LogP contribution in [0.25, 0.3) is 0 Å². The fourth-order valence-corrected chi connectivity index (χ4v) is 4.47. The molecule has 2 aromatic carbocycles. The molecular weight excluding hydrogens is 491 g/mol. The second-order valence-electron chi connectivity index (χ2n) is 6.83. The summed E-state index contributed by atoms with van der Waals surface area (Å²) in [7, 11) is 0. The monoisotopic (exact) mass is 508 g/mol. The van der Waals surface area contributed by atoms with Gasteiger partial charge in [0.15, 0.2) is 0 Å². The summed E-state index contributed by atoms with van der Waals surface area (Å²) in [6, 6.07) is 11.8. The van der Waals surface area contributed by atoms with E-state index in [1.165, 1.54) is 12.1 Å². The quantitative estimate of drug-likeness (QED) is 0.593. The maximum absolute atomic E-state index is 14.0. The Morgan fingerprint density at radius 3 is 2.57 bits per heavy atom. The molecule has 0 unspecified atom stereocenters. The molecular formula is C20H19Br2FN4O. The summed E-state index contributed by atoms with van der Waals surface area (Å²) >= 11 is 6.85. The van der Waals surface area contributed by atoms with Gasteiger partial charge in [0.1, 0.15) is 11.9 Å². The van der Waals surface area contributed by atoms with Crippen molar-refractivity contribution in [2.75, 3.05) is 23.3 Å². The number of piperazine rings is 1. The van der Waals surface area contributed by atoms with Crippen molar-refractivity contribution >= 4 is 49.3 Å². The molecule has 146 valence electrons. The van der Waals surface area contributed by atoms with Crippen molar-refractivity contribution in [1.29, 1.82) is 5.26 Å². The number of carbonyl (C=O) groups is 1. The number of carbonyl (C=O) groups excluding carboxylic acids is 1. The van der Waals surface area contributed by atoms with Crippen LogP contribution in [0.4, 0.5) is 20.6 Å². The summed E-state index contributed by atoms with van der Waals surface area (Å²) < 4.78 is 15.7. The first kappa shape index (κ1) is 20.6. The average molecular weight is 510 g/mol. The van der Waals surface area contributed by atoms with Crippen LogP contribution in [0.2, 0.25) is 0 Å². The predicted octanol–water partition coefficient (Wildman–Crippen LogP) is 5.35. The van der Waals surface area contributed by atoms with Crippen LogP contribution in [-0.2, 0) is 0 Å². The molecule has 1 aliphatic heterocycles. The number of anilines is 2. The lowest BCUT2D eigenvalue weighted by Gasteiger charge is -2.45. The number of rotatable bonds is 2. The summed E-state index contributed by atoms with van der Waals surface area (Å²) in [5.74, 6) is -0.528. The molecule has 1 saturated heterocycles. The van der Waals surface area contributed by atoms with Gasteiger partial charge in [0.2, 0.25) is 0 Å². The summed E-state index contributed by atoms with van der Waals surface area (Å²) in [6.45, 7) is 5.04. The highest BCUT2D eigenvalue weighted by Crippen LogP contribution is 2.28. The molecule has 8 heteroatoms. The van der Waals surface area contributed by atoms with Crippen molar-refractivity contribution in [2.24, 2.45) is 0 Å². The molecule has 1 fully saturated rings. The van der Waals surface area contributed by atoms with Gasteiger partial charge < -0.3 is 15.1 Å². The normalized spacial score (nSPS) is 19.3. The van der Waals surface area contributed by atoms with Crippen LogP contribution < -0.4 is 10.2 Å². The average Bonchev–Trinajstić information content (AvgIpc) is 2.65. The molecule has 0 bridgehead atoms. The number of benzene rings is 2. The molecule has 1 aliphatic rings. The first-order valence-electron chi connectivity index (χ1n) is 8.79. The van der Waals surface area contributed by atoms with Crippen molar-refractivity contribution in [2.45, 2.75) is 25.9 Å².